The first-order valence-electron chi connectivity index (χ1n) is 9.36. The molecule has 3 rings (SSSR count). The van der Waals surface area contributed by atoms with Gasteiger partial charge in [0.2, 0.25) is 0 Å². The van der Waals surface area contributed by atoms with Crippen molar-refractivity contribution in [3.05, 3.63) is 46.5 Å². The Hall–Kier alpha value is -1.14. The maximum atomic E-state index is 10.2. The maximum absolute atomic E-state index is 10.2. The summed E-state index contributed by atoms with van der Waals surface area (Å²) >= 11 is 1.76. The number of guanidine groups is 1. The minimum Gasteiger partial charge on any atom is -0.467 e. The van der Waals surface area contributed by atoms with Gasteiger partial charge in [-0.15, -0.1) is 35.3 Å². The fraction of sp³-hybridized carbons (Fsp3) is 0.526. The van der Waals surface area contributed by atoms with E-state index in [4.69, 9.17) is 14.1 Å². The molecule has 2 aromatic heterocycles. The number of nitrogens with zero attached hydrogens (tertiary/aromatic N) is 2. The second-order valence-corrected chi connectivity index (χ2v) is 7.29. The van der Waals surface area contributed by atoms with Crippen LogP contribution >= 0.6 is 35.3 Å². The van der Waals surface area contributed by atoms with Crippen molar-refractivity contribution in [2.24, 2.45) is 4.99 Å². The van der Waals surface area contributed by atoms with Crippen LogP contribution in [0.4, 0.5) is 0 Å². The van der Waals surface area contributed by atoms with Gasteiger partial charge in [-0.1, -0.05) is 6.07 Å². The SMILES string of the molecule is CCNC(=NCC(c1cccs1)N1CCOCC1)NCC(O)c1ccco1.I. The third kappa shape index (κ3) is 6.73. The van der Waals surface area contributed by atoms with E-state index in [2.05, 4.69) is 33.0 Å². The van der Waals surface area contributed by atoms with Crippen molar-refractivity contribution in [3.8, 4) is 0 Å². The van der Waals surface area contributed by atoms with E-state index in [0.29, 0.717) is 24.8 Å². The van der Waals surface area contributed by atoms with Gasteiger partial charge in [-0.05, 0) is 30.5 Å². The average Bonchev–Trinajstić information content (AvgIpc) is 3.41. The molecule has 7 nitrogen and oxygen atoms in total. The van der Waals surface area contributed by atoms with Crippen molar-refractivity contribution in [3.63, 3.8) is 0 Å². The van der Waals surface area contributed by atoms with Crippen molar-refractivity contribution >= 4 is 41.3 Å². The van der Waals surface area contributed by atoms with Crippen LogP contribution in [0.15, 0.2) is 45.3 Å². The van der Waals surface area contributed by atoms with E-state index >= 15 is 0 Å². The molecule has 0 amide bonds. The van der Waals surface area contributed by atoms with E-state index in [0.717, 1.165) is 32.8 Å². The molecule has 0 saturated carbocycles. The zero-order valence-electron chi connectivity index (χ0n) is 16.0. The Morgan fingerprint density at radius 1 is 1.29 bits per heavy atom. The first kappa shape index (κ1) is 23.1. The normalized spacial score (nSPS) is 17.6. The van der Waals surface area contributed by atoms with Gasteiger partial charge < -0.3 is 24.9 Å². The van der Waals surface area contributed by atoms with Gasteiger partial charge in [-0.3, -0.25) is 9.89 Å². The highest BCUT2D eigenvalue weighted by Crippen LogP contribution is 2.26. The summed E-state index contributed by atoms with van der Waals surface area (Å²) in [6, 6.07) is 8.02. The fourth-order valence-corrected chi connectivity index (χ4v) is 3.90. The Morgan fingerprint density at radius 3 is 2.75 bits per heavy atom. The largest absolute Gasteiger partial charge is 0.467 e. The highest BCUT2D eigenvalue weighted by atomic mass is 127. The number of ether oxygens (including phenoxy) is 1. The van der Waals surface area contributed by atoms with Crippen LogP contribution in [0.5, 0.6) is 0 Å². The van der Waals surface area contributed by atoms with Crippen LogP contribution in [0.2, 0.25) is 0 Å². The molecule has 1 fully saturated rings. The Bertz CT molecular complexity index is 675. The van der Waals surface area contributed by atoms with Crippen LogP contribution in [-0.4, -0.2) is 61.9 Å². The Labute approximate surface area is 187 Å². The van der Waals surface area contributed by atoms with Gasteiger partial charge in [-0.2, -0.15) is 0 Å². The molecule has 0 aromatic carbocycles. The molecule has 2 aromatic rings. The Kier molecular flexibility index (Phi) is 10.3. The topological polar surface area (TPSA) is 82.3 Å². The minimum absolute atomic E-state index is 0. The van der Waals surface area contributed by atoms with Crippen molar-refractivity contribution in [1.29, 1.82) is 0 Å². The number of hydrogen-bond acceptors (Lipinski definition) is 6. The molecular formula is C19H29IN4O3S. The predicted octanol–water partition coefficient (Wildman–Crippen LogP) is 2.62. The fourth-order valence-electron chi connectivity index (χ4n) is 3.05. The molecule has 1 aliphatic rings. The van der Waals surface area contributed by atoms with Gasteiger partial charge in [-0.25, -0.2) is 0 Å². The molecule has 1 saturated heterocycles. The smallest absolute Gasteiger partial charge is 0.191 e. The van der Waals surface area contributed by atoms with Gasteiger partial charge in [0, 0.05) is 24.5 Å². The van der Waals surface area contributed by atoms with Gasteiger partial charge in [0.25, 0.3) is 0 Å². The van der Waals surface area contributed by atoms with Crippen molar-refractivity contribution < 1.29 is 14.3 Å². The molecular weight excluding hydrogens is 491 g/mol. The molecule has 0 spiro atoms. The molecule has 9 heteroatoms. The summed E-state index contributed by atoms with van der Waals surface area (Å²) in [6.07, 6.45) is 0.849. The number of halogens is 1. The first-order chi connectivity index (χ1) is 13.3. The zero-order valence-corrected chi connectivity index (χ0v) is 19.2. The molecule has 2 atom stereocenters. The number of thiophene rings is 1. The average molecular weight is 520 g/mol. The van der Waals surface area contributed by atoms with Gasteiger partial charge >= 0.3 is 0 Å². The highest BCUT2D eigenvalue weighted by molar-refractivity contribution is 14.0. The summed E-state index contributed by atoms with van der Waals surface area (Å²) in [5.74, 6) is 1.24. The number of aliphatic hydroxyl groups is 1. The minimum atomic E-state index is -0.712. The summed E-state index contributed by atoms with van der Waals surface area (Å²) in [5.41, 5.74) is 0. The summed E-state index contributed by atoms with van der Waals surface area (Å²) in [4.78, 5) is 8.52. The molecule has 2 unspecified atom stereocenters. The van der Waals surface area contributed by atoms with Crippen LogP contribution in [0.25, 0.3) is 0 Å². The lowest BCUT2D eigenvalue weighted by molar-refractivity contribution is 0.0186. The van der Waals surface area contributed by atoms with Gasteiger partial charge in [0.05, 0.1) is 38.6 Å². The van der Waals surface area contributed by atoms with E-state index < -0.39 is 6.10 Å². The van der Waals surface area contributed by atoms with Gasteiger partial charge in [0.1, 0.15) is 11.9 Å². The molecule has 3 N–H and O–H groups in total. The third-order valence-electron chi connectivity index (χ3n) is 4.46. The maximum Gasteiger partial charge on any atom is 0.191 e. The predicted molar refractivity (Wildman–Crippen MR) is 123 cm³/mol. The first-order valence-corrected chi connectivity index (χ1v) is 10.2. The van der Waals surface area contributed by atoms with Crippen molar-refractivity contribution in [1.82, 2.24) is 15.5 Å². The van der Waals surface area contributed by atoms with E-state index in [9.17, 15) is 5.11 Å². The molecule has 28 heavy (non-hydrogen) atoms. The van der Waals surface area contributed by atoms with Crippen LogP contribution in [0.3, 0.4) is 0 Å². The van der Waals surface area contributed by atoms with E-state index in [-0.39, 0.29) is 30.0 Å². The van der Waals surface area contributed by atoms with Crippen LogP contribution < -0.4 is 10.6 Å². The van der Waals surface area contributed by atoms with E-state index in [1.165, 1.54) is 4.88 Å². The monoisotopic (exact) mass is 520 g/mol. The molecule has 156 valence electrons. The Morgan fingerprint density at radius 2 is 2.11 bits per heavy atom. The molecule has 1 aliphatic heterocycles. The summed E-state index contributed by atoms with van der Waals surface area (Å²) in [7, 11) is 0. The summed E-state index contributed by atoms with van der Waals surface area (Å²) in [5, 5.41) is 18.8. The number of hydrogen-bond donors (Lipinski definition) is 3. The molecule has 3 heterocycles. The highest BCUT2D eigenvalue weighted by Gasteiger charge is 2.23. The second-order valence-electron chi connectivity index (χ2n) is 6.31. The summed E-state index contributed by atoms with van der Waals surface area (Å²) < 4.78 is 10.7. The number of aliphatic imine (C=N–C) groups is 1. The lowest BCUT2D eigenvalue weighted by Gasteiger charge is -2.33. The van der Waals surface area contributed by atoms with E-state index in [1.807, 2.05) is 6.92 Å². The number of nitrogens with one attached hydrogen (secondary N) is 2. The second kappa shape index (κ2) is 12.4. The van der Waals surface area contributed by atoms with Crippen molar-refractivity contribution in [2.45, 2.75) is 19.1 Å². The molecule has 0 bridgehead atoms. The number of rotatable bonds is 8. The molecule has 0 radical (unpaired) electrons. The number of furan rings is 1. The van der Waals surface area contributed by atoms with Crippen molar-refractivity contribution in [2.75, 3.05) is 45.9 Å². The summed E-state index contributed by atoms with van der Waals surface area (Å²) in [6.45, 7) is 7.12. The number of morpholine rings is 1. The van der Waals surface area contributed by atoms with Gasteiger partial charge in [0.15, 0.2) is 5.96 Å². The third-order valence-corrected chi connectivity index (χ3v) is 5.43. The van der Waals surface area contributed by atoms with Crippen LogP contribution in [-0.2, 0) is 4.74 Å². The van der Waals surface area contributed by atoms with Crippen LogP contribution in [0, 0.1) is 0 Å². The Balaban J connectivity index is 0.00000280. The molecule has 0 aliphatic carbocycles. The lowest BCUT2D eigenvalue weighted by atomic mass is 10.2. The zero-order chi connectivity index (χ0) is 18.9. The lowest BCUT2D eigenvalue weighted by Crippen LogP contribution is -2.42. The standard InChI is InChI=1S/C19H28N4O3S.HI/c1-2-20-19(22-14-16(24)17-5-3-9-26-17)21-13-15(18-6-4-12-27-18)23-7-10-25-11-8-23;/h3-6,9,12,15-16,24H,2,7-8,10-11,13-14H2,1H3,(H2,20,21,22);1H. The quantitative estimate of drug-likeness (QED) is 0.282. The van der Waals surface area contributed by atoms with E-state index in [1.54, 1.807) is 29.7 Å². The number of aliphatic hydroxyl groups excluding tert-OH is 1. The van der Waals surface area contributed by atoms with Crippen LogP contribution in [0.1, 0.15) is 29.7 Å².